The third-order valence-corrected chi connectivity index (χ3v) is 2.22. The summed E-state index contributed by atoms with van der Waals surface area (Å²) < 4.78 is 10.5. The lowest BCUT2D eigenvalue weighted by Gasteiger charge is -2.09. The molecule has 0 spiro atoms. The second-order valence-electron chi connectivity index (χ2n) is 3.31. The highest BCUT2D eigenvalue weighted by molar-refractivity contribution is 5.57. The molecule has 0 saturated heterocycles. The summed E-state index contributed by atoms with van der Waals surface area (Å²) in [5.41, 5.74) is 6.36. The number of hydrogen-bond donors (Lipinski definition) is 1. The largest absolute Gasteiger partial charge is 0.479 e. The van der Waals surface area contributed by atoms with Gasteiger partial charge in [0.2, 0.25) is 11.8 Å². The number of nitrogens with zero attached hydrogens (tertiary/aromatic N) is 3. The van der Waals surface area contributed by atoms with Crippen molar-refractivity contribution < 1.29 is 9.47 Å². The van der Waals surface area contributed by atoms with Crippen LogP contribution in [0.2, 0.25) is 0 Å². The van der Waals surface area contributed by atoms with Gasteiger partial charge in [-0.15, -0.1) is 0 Å². The van der Waals surface area contributed by atoms with Crippen molar-refractivity contribution in [1.29, 1.82) is 5.26 Å². The summed E-state index contributed by atoms with van der Waals surface area (Å²) in [4.78, 5) is 7.75. The van der Waals surface area contributed by atoms with Gasteiger partial charge in [0, 0.05) is 0 Å². The van der Waals surface area contributed by atoms with Gasteiger partial charge in [0.1, 0.15) is 18.1 Å². The fourth-order valence-electron chi connectivity index (χ4n) is 1.36. The monoisotopic (exact) mass is 242 g/mol. The fraction of sp³-hybridized carbons (Fsp3) is 0.0833. The average molecular weight is 242 g/mol. The van der Waals surface area contributed by atoms with Crippen molar-refractivity contribution in [3.8, 4) is 23.6 Å². The first-order valence-electron chi connectivity index (χ1n) is 5.07. The van der Waals surface area contributed by atoms with Crippen LogP contribution in [0, 0.1) is 11.3 Å². The van der Waals surface area contributed by atoms with E-state index in [1.165, 1.54) is 13.4 Å². The molecule has 0 amide bonds. The van der Waals surface area contributed by atoms with Gasteiger partial charge < -0.3 is 15.2 Å². The number of hydrogen-bond acceptors (Lipinski definition) is 6. The van der Waals surface area contributed by atoms with Crippen LogP contribution in [0.15, 0.2) is 30.6 Å². The van der Waals surface area contributed by atoms with E-state index in [0.29, 0.717) is 11.3 Å². The third kappa shape index (κ3) is 2.15. The molecule has 90 valence electrons. The van der Waals surface area contributed by atoms with Crippen LogP contribution in [0.25, 0.3) is 0 Å². The molecule has 0 fully saturated rings. The Bertz CT molecular complexity index is 607. The predicted molar refractivity (Wildman–Crippen MR) is 64.2 cm³/mol. The van der Waals surface area contributed by atoms with Crippen molar-refractivity contribution in [3.05, 3.63) is 36.2 Å². The van der Waals surface area contributed by atoms with Gasteiger partial charge in [-0.1, -0.05) is 12.1 Å². The molecule has 0 saturated carbocycles. The van der Waals surface area contributed by atoms with E-state index >= 15 is 0 Å². The molecule has 1 aromatic heterocycles. The number of para-hydroxylation sites is 1. The van der Waals surface area contributed by atoms with Gasteiger partial charge in [0.05, 0.1) is 12.7 Å². The van der Waals surface area contributed by atoms with Crippen molar-refractivity contribution >= 4 is 5.69 Å². The number of nitrogens with two attached hydrogens (primary N) is 1. The van der Waals surface area contributed by atoms with Gasteiger partial charge in [-0.05, 0) is 12.1 Å². The Morgan fingerprint density at radius 3 is 2.67 bits per heavy atom. The van der Waals surface area contributed by atoms with Crippen molar-refractivity contribution in [3.63, 3.8) is 0 Å². The summed E-state index contributed by atoms with van der Waals surface area (Å²) in [7, 11) is 1.45. The molecule has 0 unspecified atom stereocenters. The summed E-state index contributed by atoms with van der Waals surface area (Å²) in [5, 5.41) is 8.95. The second-order valence-corrected chi connectivity index (χ2v) is 3.31. The van der Waals surface area contributed by atoms with Crippen LogP contribution in [-0.2, 0) is 0 Å². The molecule has 2 aromatic rings. The summed E-state index contributed by atoms with van der Waals surface area (Å²) in [6.45, 7) is 0. The number of rotatable bonds is 3. The minimum absolute atomic E-state index is 0.157. The molecule has 6 heteroatoms. The number of methoxy groups -OCH3 is 1. The molecule has 0 bridgehead atoms. The maximum absolute atomic E-state index is 8.95. The van der Waals surface area contributed by atoms with Crippen LogP contribution in [-0.4, -0.2) is 17.1 Å². The van der Waals surface area contributed by atoms with E-state index in [2.05, 4.69) is 9.97 Å². The Kier molecular flexibility index (Phi) is 3.25. The number of aromatic nitrogens is 2. The van der Waals surface area contributed by atoms with Crippen LogP contribution in [0.4, 0.5) is 5.69 Å². The van der Waals surface area contributed by atoms with Gasteiger partial charge in [0.25, 0.3) is 0 Å². The highest BCUT2D eigenvalue weighted by Crippen LogP contribution is 2.31. The quantitative estimate of drug-likeness (QED) is 0.880. The molecule has 18 heavy (non-hydrogen) atoms. The molecule has 0 aliphatic heterocycles. The lowest BCUT2D eigenvalue weighted by Crippen LogP contribution is -2.01. The van der Waals surface area contributed by atoms with Crippen molar-refractivity contribution in [1.82, 2.24) is 9.97 Å². The second kappa shape index (κ2) is 5.01. The van der Waals surface area contributed by atoms with Crippen molar-refractivity contribution in [2.24, 2.45) is 0 Å². The van der Waals surface area contributed by atoms with E-state index in [1.807, 2.05) is 6.07 Å². The van der Waals surface area contributed by atoms with Crippen molar-refractivity contribution in [2.75, 3.05) is 12.8 Å². The maximum atomic E-state index is 8.95. The molecule has 0 aliphatic rings. The average Bonchev–Trinajstić information content (AvgIpc) is 2.42. The first kappa shape index (κ1) is 11.7. The third-order valence-electron chi connectivity index (χ3n) is 2.22. The Morgan fingerprint density at radius 1 is 1.22 bits per heavy atom. The molecule has 0 aliphatic carbocycles. The number of nitriles is 1. The number of anilines is 1. The first-order chi connectivity index (χ1) is 8.76. The Morgan fingerprint density at radius 2 is 1.94 bits per heavy atom. The van der Waals surface area contributed by atoms with Gasteiger partial charge >= 0.3 is 0 Å². The van der Waals surface area contributed by atoms with E-state index in [4.69, 9.17) is 20.5 Å². The smallest absolute Gasteiger partial charge is 0.249 e. The molecular formula is C12H10N4O2. The van der Waals surface area contributed by atoms with Gasteiger partial charge in [0.15, 0.2) is 5.69 Å². The number of ether oxygens (including phenoxy) is 2. The standard InChI is InChI=1S/C12H10N4O2/c1-17-11-10(14)12(16-7-15-11)18-9-5-3-2-4-8(9)6-13/h2-5,7H,14H2,1H3. The lowest BCUT2D eigenvalue weighted by molar-refractivity contribution is 0.391. The molecule has 2 N–H and O–H groups in total. The fourth-order valence-corrected chi connectivity index (χ4v) is 1.36. The highest BCUT2D eigenvalue weighted by Gasteiger charge is 2.12. The number of nitrogen functional groups attached to an aromatic ring is 1. The predicted octanol–water partition coefficient (Wildman–Crippen LogP) is 1.73. The first-order valence-corrected chi connectivity index (χ1v) is 5.07. The zero-order valence-electron chi connectivity index (χ0n) is 9.62. The Hall–Kier alpha value is -2.81. The van der Waals surface area contributed by atoms with Gasteiger partial charge in [-0.3, -0.25) is 0 Å². The summed E-state index contributed by atoms with van der Waals surface area (Å²) >= 11 is 0. The van der Waals surface area contributed by atoms with Crippen LogP contribution in [0.1, 0.15) is 5.56 Å². The lowest BCUT2D eigenvalue weighted by atomic mass is 10.2. The van der Waals surface area contributed by atoms with Gasteiger partial charge in [-0.25, -0.2) is 0 Å². The Balaban J connectivity index is 2.38. The molecule has 2 rings (SSSR count). The summed E-state index contributed by atoms with van der Waals surface area (Å²) in [6.07, 6.45) is 1.28. The van der Waals surface area contributed by atoms with Crippen molar-refractivity contribution in [2.45, 2.75) is 0 Å². The van der Waals surface area contributed by atoms with Gasteiger partial charge in [-0.2, -0.15) is 15.2 Å². The van der Waals surface area contributed by atoms with Crippen LogP contribution in [0.3, 0.4) is 0 Å². The van der Waals surface area contributed by atoms with E-state index in [1.54, 1.807) is 24.3 Å². The SMILES string of the molecule is COc1ncnc(Oc2ccccc2C#N)c1N. The van der Waals surface area contributed by atoms with E-state index in [9.17, 15) is 0 Å². The van der Waals surface area contributed by atoms with E-state index in [-0.39, 0.29) is 17.4 Å². The molecule has 6 nitrogen and oxygen atoms in total. The van der Waals surface area contributed by atoms with Crippen LogP contribution >= 0.6 is 0 Å². The van der Waals surface area contributed by atoms with Crippen LogP contribution in [0.5, 0.6) is 17.5 Å². The minimum Gasteiger partial charge on any atom is -0.479 e. The zero-order chi connectivity index (χ0) is 13.0. The number of benzene rings is 1. The highest BCUT2D eigenvalue weighted by atomic mass is 16.5. The molecule has 1 aromatic carbocycles. The maximum Gasteiger partial charge on any atom is 0.249 e. The van der Waals surface area contributed by atoms with Crippen LogP contribution < -0.4 is 15.2 Å². The normalized spacial score (nSPS) is 9.56. The molecular weight excluding hydrogens is 232 g/mol. The summed E-state index contributed by atoms with van der Waals surface area (Å²) in [6, 6.07) is 8.83. The van der Waals surface area contributed by atoms with E-state index < -0.39 is 0 Å². The summed E-state index contributed by atoms with van der Waals surface area (Å²) in [5.74, 6) is 0.770. The van der Waals surface area contributed by atoms with E-state index in [0.717, 1.165) is 0 Å². The molecule has 1 heterocycles. The molecule has 0 atom stereocenters. The zero-order valence-corrected chi connectivity index (χ0v) is 9.62. The molecule has 0 radical (unpaired) electrons. The minimum atomic E-state index is 0.157. The Labute approximate surface area is 104 Å². The topological polar surface area (TPSA) is 94.0 Å².